The Balaban J connectivity index is 2.04. The molecule has 0 radical (unpaired) electrons. The number of ether oxygens (including phenoxy) is 1. The molecular weight excluding hydrogens is 309 g/mol. The van der Waals surface area contributed by atoms with Gasteiger partial charge in [-0.2, -0.15) is 13.2 Å². The third-order valence-corrected chi connectivity index (χ3v) is 3.92. The molecule has 23 heavy (non-hydrogen) atoms. The zero-order valence-electron chi connectivity index (χ0n) is 13.0. The van der Waals surface area contributed by atoms with Gasteiger partial charge in [0, 0.05) is 24.2 Å². The molecule has 0 saturated carbocycles. The highest BCUT2D eigenvalue weighted by Gasteiger charge is 2.30. The van der Waals surface area contributed by atoms with Crippen LogP contribution in [0.15, 0.2) is 24.3 Å². The van der Waals surface area contributed by atoms with Crippen LogP contribution in [-0.4, -0.2) is 42.2 Å². The second kappa shape index (κ2) is 7.21. The molecule has 2 N–H and O–H groups in total. The van der Waals surface area contributed by atoms with Crippen molar-refractivity contribution in [1.29, 1.82) is 0 Å². The van der Waals surface area contributed by atoms with Crippen molar-refractivity contribution in [3.8, 4) is 5.75 Å². The number of carbonyl (C=O) groups is 1. The summed E-state index contributed by atoms with van der Waals surface area (Å²) in [5.74, 6) is -0.0596. The molecule has 0 unspecified atom stereocenters. The van der Waals surface area contributed by atoms with Gasteiger partial charge < -0.3 is 15.4 Å². The fourth-order valence-electron chi connectivity index (χ4n) is 2.78. The highest BCUT2D eigenvalue weighted by molar-refractivity contribution is 5.94. The highest BCUT2D eigenvalue weighted by Crippen LogP contribution is 2.23. The van der Waals surface area contributed by atoms with Crippen LogP contribution in [0.2, 0.25) is 0 Å². The van der Waals surface area contributed by atoms with Crippen molar-refractivity contribution in [1.82, 2.24) is 4.90 Å². The van der Waals surface area contributed by atoms with Crippen LogP contribution >= 0.6 is 0 Å². The Kier molecular flexibility index (Phi) is 5.51. The summed E-state index contributed by atoms with van der Waals surface area (Å²) in [5.41, 5.74) is 6.39. The number of benzene rings is 1. The van der Waals surface area contributed by atoms with E-state index in [0.717, 1.165) is 19.3 Å². The van der Waals surface area contributed by atoms with Crippen molar-refractivity contribution in [2.24, 2.45) is 5.73 Å². The molecule has 2 rings (SSSR count). The van der Waals surface area contributed by atoms with Crippen LogP contribution in [0.4, 0.5) is 13.2 Å². The van der Waals surface area contributed by atoms with Crippen LogP contribution < -0.4 is 10.5 Å². The zero-order chi connectivity index (χ0) is 17.0. The van der Waals surface area contributed by atoms with Gasteiger partial charge >= 0.3 is 6.18 Å². The summed E-state index contributed by atoms with van der Waals surface area (Å²) < 4.78 is 41.0. The Morgan fingerprint density at radius 2 is 2.00 bits per heavy atom. The van der Waals surface area contributed by atoms with Gasteiger partial charge in [-0.15, -0.1) is 0 Å². The fourth-order valence-corrected chi connectivity index (χ4v) is 2.78. The van der Waals surface area contributed by atoms with Gasteiger partial charge in [0.2, 0.25) is 0 Å². The first-order chi connectivity index (χ1) is 10.8. The number of amides is 1. The van der Waals surface area contributed by atoms with Crippen LogP contribution in [0.1, 0.15) is 36.5 Å². The maximum absolute atomic E-state index is 12.6. The monoisotopic (exact) mass is 330 g/mol. The third kappa shape index (κ3) is 4.86. The minimum Gasteiger partial charge on any atom is -0.484 e. The maximum atomic E-state index is 12.6. The van der Waals surface area contributed by atoms with Gasteiger partial charge in [0.1, 0.15) is 5.75 Å². The van der Waals surface area contributed by atoms with Crippen LogP contribution in [0.5, 0.6) is 5.75 Å². The number of rotatable bonds is 4. The summed E-state index contributed by atoms with van der Waals surface area (Å²) in [6, 6.07) is 5.61. The number of carbonyl (C=O) groups excluding carboxylic acids is 1. The van der Waals surface area contributed by atoms with Crippen molar-refractivity contribution >= 4 is 5.91 Å². The minimum atomic E-state index is -4.38. The van der Waals surface area contributed by atoms with E-state index in [4.69, 9.17) is 5.73 Å². The summed E-state index contributed by atoms with van der Waals surface area (Å²) in [6.07, 6.45) is -1.54. The van der Waals surface area contributed by atoms with E-state index in [2.05, 4.69) is 4.74 Å². The molecule has 1 aromatic rings. The quantitative estimate of drug-likeness (QED) is 0.923. The zero-order valence-corrected chi connectivity index (χ0v) is 13.0. The van der Waals surface area contributed by atoms with E-state index >= 15 is 0 Å². The predicted molar refractivity (Wildman–Crippen MR) is 80.3 cm³/mol. The molecule has 1 aliphatic heterocycles. The first-order valence-electron chi connectivity index (χ1n) is 7.64. The van der Waals surface area contributed by atoms with Gasteiger partial charge in [0.05, 0.1) is 0 Å². The van der Waals surface area contributed by atoms with Gasteiger partial charge in [-0.1, -0.05) is 0 Å². The molecule has 4 nitrogen and oxygen atoms in total. The lowest BCUT2D eigenvalue weighted by molar-refractivity contribution is -0.153. The SMILES string of the molecule is C[C@@H](N)[C@H]1CCCCN1C(=O)c1ccc(OCC(F)(F)F)cc1. The number of hydrogen-bond donors (Lipinski definition) is 1. The molecule has 0 spiro atoms. The lowest BCUT2D eigenvalue weighted by Gasteiger charge is -2.38. The van der Waals surface area contributed by atoms with Gasteiger partial charge in [-0.05, 0) is 50.5 Å². The second-order valence-electron chi connectivity index (χ2n) is 5.85. The van der Waals surface area contributed by atoms with Crippen LogP contribution in [0.25, 0.3) is 0 Å². The fraction of sp³-hybridized carbons (Fsp3) is 0.562. The average Bonchev–Trinajstić information content (AvgIpc) is 2.52. The number of hydrogen-bond acceptors (Lipinski definition) is 3. The molecule has 1 saturated heterocycles. The molecule has 1 heterocycles. The minimum absolute atomic E-state index is 0.00240. The van der Waals surface area contributed by atoms with E-state index < -0.39 is 12.8 Å². The number of likely N-dealkylation sites (tertiary alicyclic amines) is 1. The molecule has 128 valence electrons. The van der Waals surface area contributed by atoms with Gasteiger partial charge in [-0.3, -0.25) is 4.79 Å². The van der Waals surface area contributed by atoms with Gasteiger partial charge in [0.15, 0.2) is 6.61 Å². The first kappa shape index (κ1) is 17.6. The lowest BCUT2D eigenvalue weighted by Crippen LogP contribution is -2.51. The summed E-state index contributed by atoms with van der Waals surface area (Å²) in [6.45, 7) is 1.18. The van der Waals surface area contributed by atoms with E-state index in [1.54, 1.807) is 4.90 Å². The number of piperidine rings is 1. The molecule has 1 amide bonds. The van der Waals surface area contributed by atoms with Crippen molar-refractivity contribution < 1.29 is 22.7 Å². The summed E-state index contributed by atoms with van der Waals surface area (Å²) in [5, 5.41) is 0. The molecule has 1 fully saturated rings. The first-order valence-corrected chi connectivity index (χ1v) is 7.64. The van der Waals surface area contributed by atoms with Crippen molar-refractivity contribution in [3.63, 3.8) is 0 Å². The number of halogens is 3. The Labute approximate surface area is 133 Å². The molecule has 2 atom stereocenters. The Morgan fingerprint density at radius 1 is 1.35 bits per heavy atom. The van der Waals surface area contributed by atoms with E-state index in [1.165, 1.54) is 24.3 Å². The molecule has 0 aliphatic carbocycles. The second-order valence-corrected chi connectivity index (χ2v) is 5.85. The van der Waals surface area contributed by atoms with E-state index in [-0.39, 0.29) is 23.7 Å². The Morgan fingerprint density at radius 3 is 2.57 bits per heavy atom. The highest BCUT2D eigenvalue weighted by atomic mass is 19.4. The van der Waals surface area contributed by atoms with Gasteiger partial charge in [0.25, 0.3) is 5.91 Å². The van der Waals surface area contributed by atoms with Gasteiger partial charge in [-0.25, -0.2) is 0 Å². The van der Waals surface area contributed by atoms with Crippen molar-refractivity contribution in [3.05, 3.63) is 29.8 Å². The van der Waals surface area contributed by atoms with Crippen LogP contribution in [-0.2, 0) is 0 Å². The maximum Gasteiger partial charge on any atom is 0.422 e. The average molecular weight is 330 g/mol. The molecule has 1 aromatic carbocycles. The number of nitrogens with two attached hydrogens (primary N) is 1. The van der Waals surface area contributed by atoms with E-state index in [0.29, 0.717) is 12.1 Å². The Hall–Kier alpha value is -1.76. The van der Waals surface area contributed by atoms with Crippen LogP contribution in [0.3, 0.4) is 0 Å². The van der Waals surface area contributed by atoms with Crippen molar-refractivity contribution in [2.45, 2.75) is 44.4 Å². The van der Waals surface area contributed by atoms with Crippen molar-refractivity contribution in [2.75, 3.05) is 13.2 Å². The molecule has 1 aliphatic rings. The predicted octanol–water partition coefficient (Wildman–Crippen LogP) is 2.97. The molecule has 7 heteroatoms. The largest absolute Gasteiger partial charge is 0.484 e. The molecule has 0 aromatic heterocycles. The molecule has 0 bridgehead atoms. The van der Waals surface area contributed by atoms with E-state index in [1.807, 2.05) is 6.92 Å². The van der Waals surface area contributed by atoms with E-state index in [9.17, 15) is 18.0 Å². The summed E-state index contributed by atoms with van der Waals surface area (Å²) >= 11 is 0. The number of nitrogens with zero attached hydrogens (tertiary/aromatic N) is 1. The Bertz CT molecular complexity index is 529. The third-order valence-electron chi connectivity index (χ3n) is 3.92. The summed E-state index contributed by atoms with van der Waals surface area (Å²) in [4.78, 5) is 14.4. The smallest absolute Gasteiger partial charge is 0.422 e. The standard InChI is InChI=1S/C16H21F3N2O2/c1-11(20)14-4-2-3-9-21(14)15(22)12-5-7-13(8-6-12)23-10-16(17,18)19/h5-8,11,14H,2-4,9-10,20H2,1H3/t11-,14-/m1/s1. The number of alkyl halides is 3. The lowest BCUT2D eigenvalue weighted by atomic mass is 9.96. The summed E-state index contributed by atoms with van der Waals surface area (Å²) in [7, 11) is 0. The molecular formula is C16H21F3N2O2. The topological polar surface area (TPSA) is 55.6 Å². The normalized spacial score (nSPS) is 20.2. The van der Waals surface area contributed by atoms with Crippen LogP contribution in [0, 0.1) is 0 Å².